The van der Waals surface area contributed by atoms with Crippen molar-refractivity contribution in [2.75, 3.05) is 23.4 Å². The van der Waals surface area contributed by atoms with Crippen LogP contribution in [0.15, 0.2) is 9.98 Å². The first-order valence-electron chi connectivity index (χ1n) is 4.09. The molecule has 0 aliphatic carbocycles. The van der Waals surface area contributed by atoms with Crippen LogP contribution in [0.3, 0.4) is 0 Å². The Balaban J connectivity index is 2.36. The van der Waals surface area contributed by atoms with Crippen molar-refractivity contribution in [3.05, 3.63) is 9.98 Å². The van der Waals surface area contributed by atoms with Gasteiger partial charge in [-0.25, -0.2) is 13.4 Å². The first-order chi connectivity index (χ1) is 6.53. The highest BCUT2D eigenvalue weighted by molar-refractivity contribution is 9.10. The van der Waals surface area contributed by atoms with Crippen molar-refractivity contribution in [3.8, 4) is 0 Å². The van der Waals surface area contributed by atoms with Crippen molar-refractivity contribution in [1.82, 2.24) is 4.98 Å². The molecule has 1 aromatic heterocycles. The molecule has 0 spiro atoms. The van der Waals surface area contributed by atoms with Gasteiger partial charge in [-0.15, -0.1) is 11.3 Å². The molecule has 1 N–H and O–H groups in total. The molecule has 7 heteroatoms. The van der Waals surface area contributed by atoms with Crippen molar-refractivity contribution in [2.24, 2.45) is 0 Å². The summed E-state index contributed by atoms with van der Waals surface area (Å²) in [7, 11) is -2.88. The van der Waals surface area contributed by atoms with Crippen molar-refractivity contribution in [3.63, 3.8) is 0 Å². The summed E-state index contributed by atoms with van der Waals surface area (Å²) in [6.07, 6.45) is 0. The molecule has 0 aliphatic heterocycles. The summed E-state index contributed by atoms with van der Waals surface area (Å²) >= 11 is 4.66. The van der Waals surface area contributed by atoms with E-state index in [1.807, 2.05) is 5.38 Å². The third kappa shape index (κ3) is 3.93. The van der Waals surface area contributed by atoms with Gasteiger partial charge in [0.25, 0.3) is 0 Å². The van der Waals surface area contributed by atoms with Crippen LogP contribution in [0.4, 0.5) is 5.13 Å². The second kappa shape index (κ2) is 5.09. The molecule has 0 fully saturated rings. The van der Waals surface area contributed by atoms with E-state index in [4.69, 9.17) is 0 Å². The first-order valence-corrected chi connectivity index (χ1v) is 7.58. The van der Waals surface area contributed by atoms with E-state index in [0.29, 0.717) is 6.54 Å². The molecule has 0 aromatic carbocycles. The van der Waals surface area contributed by atoms with Gasteiger partial charge in [0.2, 0.25) is 0 Å². The number of hydrogen-bond donors (Lipinski definition) is 1. The third-order valence-electron chi connectivity index (χ3n) is 1.61. The molecule has 0 radical (unpaired) electrons. The van der Waals surface area contributed by atoms with Crippen molar-refractivity contribution < 1.29 is 8.42 Å². The van der Waals surface area contributed by atoms with Gasteiger partial charge in [0.15, 0.2) is 15.0 Å². The van der Waals surface area contributed by atoms with E-state index < -0.39 is 9.84 Å². The van der Waals surface area contributed by atoms with Crippen LogP contribution in [0.5, 0.6) is 0 Å². The van der Waals surface area contributed by atoms with E-state index in [1.165, 1.54) is 11.3 Å². The number of sulfone groups is 1. The first kappa shape index (κ1) is 11.9. The topological polar surface area (TPSA) is 59.1 Å². The second-order valence-electron chi connectivity index (χ2n) is 2.64. The van der Waals surface area contributed by atoms with Crippen molar-refractivity contribution in [2.45, 2.75) is 6.92 Å². The molecule has 0 amide bonds. The molecule has 0 saturated carbocycles. The van der Waals surface area contributed by atoms with Gasteiger partial charge < -0.3 is 5.32 Å². The summed E-state index contributed by atoms with van der Waals surface area (Å²) in [4.78, 5) is 4.09. The fourth-order valence-corrected chi connectivity index (χ4v) is 2.67. The number of hydrogen-bond acceptors (Lipinski definition) is 5. The molecule has 1 heterocycles. The predicted octanol–water partition coefficient (Wildman–Crippen LogP) is 1.75. The summed E-state index contributed by atoms with van der Waals surface area (Å²) < 4.78 is 23.0. The summed E-state index contributed by atoms with van der Waals surface area (Å²) in [6.45, 7) is 2.06. The van der Waals surface area contributed by atoms with Gasteiger partial charge in [0.1, 0.15) is 4.60 Å². The maximum absolute atomic E-state index is 11.1. The van der Waals surface area contributed by atoms with Gasteiger partial charge in [-0.05, 0) is 15.9 Å². The maximum atomic E-state index is 11.1. The quantitative estimate of drug-likeness (QED) is 0.900. The van der Waals surface area contributed by atoms with Gasteiger partial charge in [-0.1, -0.05) is 6.92 Å². The SMILES string of the molecule is CCS(=O)(=O)CCNc1nc(Br)cs1. The number of anilines is 1. The zero-order chi connectivity index (χ0) is 10.6. The van der Waals surface area contributed by atoms with Gasteiger partial charge >= 0.3 is 0 Å². The molecular weight excluding hydrogens is 288 g/mol. The molecule has 4 nitrogen and oxygen atoms in total. The zero-order valence-corrected chi connectivity index (χ0v) is 10.9. The van der Waals surface area contributed by atoms with E-state index in [0.717, 1.165) is 9.73 Å². The summed E-state index contributed by atoms with van der Waals surface area (Å²) in [5.41, 5.74) is 0. The number of nitrogens with zero attached hydrogens (tertiary/aromatic N) is 1. The average Bonchev–Trinajstić information content (AvgIpc) is 2.51. The molecule has 1 rings (SSSR count). The lowest BCUT2D eigenvalue weighted by atomic mass is 10.7. The second-order valence-corrected chi connectivity index (χ2v) is 6.78. The van der Waals surface area contributed by atoms with Crippen LogP contribution in [-0.2, 0) is 9.84 Å². The number of nitrogens with one attached hydrogen (secondary N) is 1. The Hall–Kier alpha value is -0.140. The van der Waals surface area contributed by atoms with Crippen LogP contribution in [-0.4, -0.2) is 31.5 Å². The highest BCUT2D eigenvalue weighted by atomic mass is 79.9. The Kier molecular flexibility index (Phi) is 4.33. The minimum atomic E-state index is -2.88. The molecule has 1 aromatic rings. The van der Waals surface area contributed by atoms with Crippen molar-refractivity contribution >= 4 is 42.2 Å². The number of rotatable bonds is 5. The van der Waals surface area contributed by atoms with Crippen LogP contribution in [0.25, 0.3) is 0 Å². The number of thiazole rings is 1. The Morgan fingerprint density at radius 1 is 1.64 bits per heavy atom. The van der Waals surface area contributed by atoms with Crippen LogP contribution in [0, 0.1) is 0 Å². The van der Waals surface area contributed by atoms with Gasteiger partial charge in [-0.2, -0.15) is 0 Å². The zero-order valence-electron chi connectivity index (χ0n) is 7.66. The van der Waals surface area contributed by atoms with E-state index >= 15 is 0 Å². The normalized spacial score (nSPS) is 11.6. The minimum Gasteiger partial charge on any atom is -0.360 e. The Morgan fingerprint density at radius 2 is 2.36 bits per heavy atom. The minimum absolute atomic E-state index is 0.153. The van der Waals surface area contributed by atoms with Crippen LogP contribution < -0.4 is 5.32 Å². The Bertz CT molecular complexity index is 388. The summed E-state index contributed by atoms with van der Waals surface area (Å²) in [6, 6.07) is 0. The van der Waals surface area contributed by atoms with Gasteiger partial charge in [0.05, 0.1) is 5.75 Å². The lowest BCUT2D eigenvalue weighted by Crippen LogP contribution is -2.16. The highest BCUT2D eigenvalue weighted by Gasteiger charge is 2.06. The van der Waals surface area contributed by atoms with Crippen LogP contribution >= 0.6 is 27.3 Å². The van der Waals surface area contributed by atoms with Gasteiger partial charge in [0, 0.05) is 17.7 Å². The summed E-state index contributed by atoms with van der Waals surface area (Å²) in [5.74, 6) is 0.344. The lowest BCUT2D eigenvalue weighted by Gasteiger charge is -2.01. The molecule has 80 valence electrons. The molecule has 0 aliphatic rings. The highest BCUT2D eigenvalue weighted by Crippen LogP contribution is 2.18. The third-order valence-corrected chi connectivity index (χ3v) is 4.82. The molecule has 0 saturated heterocycles. The monoisotopic (exact) mass is 298 g/mol. The van der Waals surface area contributed by atoms with E-state index in [-0.39, 0.29) is 11.5 Å². The average molecular weight is 299 g/mol. The molecule has 0 bridgehead atoms. The fraction of sp³-hybridized carbons (Fsp3) is 0.571. The Morgan fingerprint density at radius 3 is 2.86 bits per heavy atom. The van der Waals surface area contributed by atoms with E-state index in [2.05, 4.69) is 26.2 Å². The number of halogens is 1. The molecule has 0 unspecified atom stereocenters. The van der Waals surface area contributed by atoms with E-state index in [9.17, 15) is 8.42 Å². The number of aromatic nitrogens is 1. The van der Waals surface area contributed by atoms with Gasteiger partial charge in [-0.3, -0.25) is 0 Å². The standard InChI is InChI=1S/C7H11BrN2O2S2/c1-2-14(11,12)4-3-9-7-10-6(8)5-13-7/h5H,2-4H2,1H3,(H,9,10). The van der Waals surface area contributed by atoms with Crippen molar-refractivity contribution in [1.29, 1.82) is 0 Å². The van der Waals surface area contributed by atoms with Crippen LogP contribution in [0.2, 0.25) is 0 Å². The van der Waals surface area contributed by atoms with E-state index in [1.54, 1.807) is 6.92 Å². The Labute approximate surface area is 95.8 Å². The fourth-order valence-electron chi connectivity index (χ4n) is 0.793. The molecule has 0 atom stereocenters. The maximum Gasteiger partial charge on any atom is 0.183 e. The molecular formula is C7H11BrN2O2S2. The van der Waals surface area contributed by atoms with Crippen LogP contribution in [0.1, 0.15) is 6.92 Å². The summed E-state index contributed by atoms with van der Waals surface area (Å²) in [5, 5.41) is 5.54. The smallest absolute Gasteiger partial charge is 0.183 e. The predicted molar refractivity (Wildman–Crippen MR) is 62.6 cm³/mol. The largest absolute Gasteiger partial charge is 0.360 e. The molecule has 14 heavy (non-hydrogen) atoms. The lowest BCUT2D eigenvalue weighted by molar-refractivity contribution is 0.597.